The molecular formula is C20H17N3O3S2. The molecule has 3 rings (SSSR count). The first-order chi connectivity index (χ1) is 13.8. The van der Waals surface area contributed by atoms with Crippen LogP contribution in [0.4, 0.5) is 0 Å². The summed E-state index contributed by atoms with van der Waals surface area (Å²) in [5.74, 6) is 0.499. The third-order valence-electron chi connectivity index (χ3n) is 3.90. The first-order valence-electron chi connectivity index (χ1n) is 8.48. The number of thioether (sulfide) groups is 1. The van der Waals surface area contributed by atoms with Crippen LogP contribution < -0.4 is 0 Å². The minimum atomic E-state index is 0.428. The Hall–Kier alpha value is -2.73. The van der Waals surface area contributed by atoms with Crippen LogP contribution in [0.1, 0.15) is 18.4 Å². The Bertz CT molecular complexity index is 1020. The molecule has 1 aromatic carbocycles. The molecule has 0 aliphatic carbocycles. The van der Waals surface area contributed by atoms with E-state index in [1.54, 1.807) is 13.3 Å². The molecule has 3 aromatic rings. The maximum absolute atomic E-state index is 11.6. The Labute approximate surface area is 170 Å². The van der Waals surface area contributed by atoms with Gasteiger partial charge >= 0.3 is 0 Å². The second kappa shape index (κ2) is 9.99. The fourth-order valence-corrected chi connectivity index (χ4v) is 4.06. The minimum Gasteiger partial charge on any atom is -0.442 e. The number of hydrogen-bond donors (Lipinski definition) is 0. The predicted octanol–water partition coefficient (Wildman–Crippen LogP) is 4.14. The number of oxazole rings is 1. The van der Waals surface area contributed by atoms with E-state index in [1.807, 2.05) is 36.4 Å². The normalized spacial score (nSPS) is 10.4. The summed E-state index contributed by atoms with van der Waals surface area (Å²) in [5.41, 5.74) is 2.61. The number of aromatic nitrogens is 2. The lowest BCUT2D eigenvalue weighted by Gasteiger charge is -2.11. The Morgan fingerprint density at radius 1 is 1.32 bits per heavy atom. The van der Waals surface area contributed by atoms with Crippen molar-refractivity contribution in [2.24, 2.45) is 0 Å². The molecule has 0 spiro atoms. The van der Waals surface area contributed by atoms with Crippen LogP contribution in [0, 0.1) is 11.3 Å². The maximum Gasteiger partial charge on any atom is 0.181 e. The number of benzene rings is 1. The quantitative estimate of drug-likeness (QED) is 0.328. The highest BCUT2D eigenvalue weighted by atomic mass is 32.2. The van der Waals surface area contributed by atoms with Gasteiger partial charge in [0.05, 0.1) is 27.2 Å². The van der Waals surface area contributed by atoms with Crippen molar-refractivity contribution in [2.75, 3.05) is 13.7 Å². The molecule has 0 aliphatic rings. The van der Waals surface area contributed by atoms with Gasteiger partial charge in [0, 0.05) is 19.3 Å². The van der Waals surface area contributed by atoms with Crippen molar-refractivity contribution in [1.29, 1.82) is 5.26 Å². The maximum atomic E-state index is 11.6. The molecule has 0 atom stereocenters. The first kappa shape index (κ1) is 20.0. The van der Waals surface area contributed by atoms with E-state index in [-0.39, 0.29) is 0 Å². The van der Waals surface area contributed by atoms with Gasteiger partial charge in [0.25, 0.3) is 0 Å². The monoisotopic (exact) mass is 411 g/mol. The lowest BCUT2D eigenvalue weighted by atomic mass is 10.0. The van der Waals surface area contributed by atoms with Gasteiger partial charge in [0.2, 0.25) is 0 Å². The van der Waals surface area contributed by atoms with Gasteiger partial charge < -0.3 is 9.15 Å². The summed E-state index contributed by atoms with van der Waals surface area (Å²) in [7, 11) is 1.62. The van der Waals surface area contributed by atoms with Crippen molar-refractivity contribution in [2.45, 2.75) is 17.9 Å². The Morgan fingerprint density at radius 3 is 2.79 bits per heavy atom. The highest BCUT2D eigenvalue weighted by molar-refractivity contribution is 8.20. The van der Waals surface area contributed by atoms with E-state index in [1.165, 1.54) is 18.2 Å². The number of pyridine rings is 1. The number of nitriles is 1. The van der Waals surface area contributed by atoms with Gasteiger partial charge in [-0.15, -0.1) is 0 Å². The number of methoxy groups -OCH3 is 1. The molecule has 0 amide bonds. The zero-order valence-electron chi connectivity index (χ0n) is 15.1. The lowest BCUT2D eigenvalue weighted by Crippen LogP contribution is -2.01. The van der Waals surface area contributed by atoms with Crippen LogP contribution in [0.25, 0.3) is 22.6 Å². The van der Waals surface area contributed by atoms with E-state index in [4.69, 9.17) is 9.15 Å². The molecular weight excluding hydrogens is 394 g/mol. The molecule has 142 valence electrons. The van der Waals surface area contributed by atoms with Crippen molar-refractivity contribution in [3.63, 3.8) is 0 Å². The summed E-state index contributed by atoms with van der Waals surface area (Å²) in [6, 6.07) is 13.7. The standard InChI is InChI=1S/C20H17N3O3S2/c1-25-9-5-8-19(28-24)27-20-16(11-21)15(14-6-3-2-4-7-14)10-17(23-20)18-12-22-13-26-18/h2-4,6-7,10,12-13H,5,8-9H2,1H3. The molecule has 0 radical (unpaired) electrons. The average molecular weight is 412 g/mol. The van der Waals surface area contributed by atoms with E-state index >= 15 is 0 Å². The van der Waals surface area contributed by atoms with Crippen LogP contribution in [0.2, 0.25) is 0 Å². The zero-order chi connectivity index (χ0) is 19.8. The first-order valence-corrected chi connectivity index (χ1v) is 10.0. The molecule has 0 saturated heterocycles. The topological polar surface area (TPSA) is 89.0 Å². The second-order valence-corrected chi connectivity index (χ2v) is 7.73. The largest absolute Gasteiger partial charge is 0.442 e. The van der Waals surface area contributed by atoms with Crippen LogP contribution in [0.5, 0.6) is 0 Å². The number of ether oxygens (including phenoxy) is 1. The summed E-state index contributed by atoms with van der Waals surface area (Å²) >= 11 is 1.65. The van der Waals surface area contributed by atoms with Crippen LogP contribution in [0.3, 0.4) is 0 Å². The van der Waals surface area contributed by atoms with Gasteiger partial charge in [0.1, 0.15) is 16.8 Å². The smallest absolute Gasteiger partial charge is 0.181 e. The van der Waals surface area contributed by atoms with Gasteiger partial charge in [-0.25, -0.2) is 14.2 Å². The van der Waals surface area contributed by atoms with E-state index in [0.29, 0.717) is 50.5 Å². The molecule has 0 unspecified atom stereocenters. The van der Waals surface area contributed by atoms with Crippen LogP contribution in [-0.2, 0) is 16.0 Å². The van der Waals surface area contributed by atoms with Crippen LogP contribution in [-0.4, -0.2) is 32.1 Å². The highest BCUT2D eigenvalue weighted by Gasteiger charge is 2.18. The van der Waals surface area contributed by atoms with Gasteiger partial charge in [0.15, 0.2) is 12.2 Å². The number of nitrogens with zero attached hydrogens (tertiary/aromatic N) is 3. The van der Waals surface area contributed by atoms with Crippen molar-refractivity contribution >= 4 is 27.2 Å². The summed E-state index contributed by atoms with van der Waals surface area (Å²) in [5, 5.41) is 10.3. The molecule has 0 bridgehead atoms. The lowest BCUT2D eigenvalue weighted by molar-refractivity contribution is 0.197. The molecule has 0 fully saturated rings. The van der Waals surface area contributed by atoms with Gasteiger partial charge in [-0.3, -0.25) is 0 Å². The SMILES string of the molecule is COCCCC(Sc1nc(-c2cnco2)cc(-c2ccccc2)c1C#N)=S=O. The molecule has 2 aromatic heterocycles. The third kappa shape index (κ3) is 4.75. The molecule has 8 heteroatoms. The summed E-state index contributed by atoms with van der Waals surface area (Å²) in [4.78, 5) is 8.54. The van der Waals surface area contributed by atoms with Gasteiger partial charge in [-0.1, -0.05) is 42.1 Å². The molecule has 0 N–H and O–H groups in total. The molecule has 0 aliphatic heterocycles. The summed E-state index contributed by atoms with van der Waals surface area (Å²) in [6.07, 6.45) is 4.21. The van der Waals surface area contributed by atoms with Gasteiger partial charge in [-0.05, 0) is 24.5 Å². The summed E-state index contributed by atoms with van der Waals surface area (Å²) in [6.45, 7) is 0.566. The highest BCUT2D eigenvalue weighted by Crippen LogP contribution is 2.34. The van der Waals surface area contributed by atoms with E-state index in [2.05, 4.69) is 16.0 Å². The fraction of sp³-hybridized carbons (Fsp3) is 0.200. The van der Waals surface area contributed by atoms with E-state index < -0.39 is 0 Å². The Kier molecular flexibility index (Phi) is 7.14. The van der Waals surface area contributed by atoms with Crippen molar-refractivity contribution < 1.29 is 13.4 Å². The molecule has 6 nitrogen and oxygen atoms in total. The number of rotatable bonds is 7. The van der Waals surface area contributed by atoms with E-state index in [0.717, 1.165) is 17.5 Å². The van der Waals surface area contributed by atoms with Crippen molar-refractivity contribution in [3.05, 3.63) is 54.6 Å². The fourth-order valence-electron chi connectivity index (χ4n) is 2.60. The van der Waals surface area contributed by atoms with Crippen LogP contribution >= 0.6 is 11.8 Å². The minimum absolute atomic E-state index is 0.428. The number of hydrogen-bond acceptors (Lipinski definition) is 7. The summed E-state index contributed by atoms with van der Waals surface area (Å²) < 4.78 is 22.7. The zero-order valence-corrected chi connectivity index (χ0v) is 16.8. The van der Waals surface area contributed by atoms with Gasteiger partial charge in [-0.2, -0.15) is 5.26 Å². The van der Waals surface area contributed by atoms with Crippen LogP contribution in [0.15, 0.2) is 58.4 Å². The van der Waals surface area contributed by atoms with E-state index in [9.17, 15) is 9.47 Å². The second-order valence-electron chi connectivity index (χ2n) is 5.73. The molecule has 0 saturated carbocycles. The third-order valence-corrected chi connectivity index (χ3v) is 5.67. The predicted molar refractivity (Wildman–Crippen MR) is 110 cm³/mol. The molecule has 2 heterocycles. The Balaban J connectivity index is 2.08. The van der Waals surface area contributed by atoms with Crippen molar-refractivity contribution in [3.8, 4) is 28.7 Å². The molecule has 28 heavy (non-hydrogen) atoms. The average Bonchev–Trinajstić information content (AvgIpc) is 3.28. The Morgan fingerprint density at radius 2 is 2.14 bits per heavy atom. The van der Waals surface area contributed by atoms with Crippen molar-refractivity contribution in [1.82, 2.24) is 9.97 Å².